The molecule has 14 heavy (non-hydrogen) atoms. The summed E-state index contributed by atoms with van der Waals surface area (Å²) in [7, 11) is 1.68. The lowest BCUT2D eigenvalue weighted by atomic mass is 10.0. The fourth-order valence-electron chi connectivity index (χ4n) is 1.60. The first kappa shape index (κ1) is 9.87. The molecule has 1 aliphatic carbocycles. The first-order chi connectivity index (χ1) is 6.83. The third-order valence-corrected chi connectivity index (χ3v) is 3.32. The van der Waals surface area contributed by atoms with Gasteiger partial charge in [-0.3, -0.25) is 0 Å². The zero-order valence-corrected chi connectivity index (χ0v) is 9.21. The van der Waals surface area contributed by atoms with Gasteiger partial charge in [0.2, 0.25) is 0 Å². The average Bonchev–Trinajstić information content (AvgIpc) is 2.27. The summed E-state index contributed by atoms with van der Waals surface area (Å²) in [5.74, 6) is 0.884. The standard InChI is InChI=1S/C11H14O2S/c1-12-9-4-3-8-5-10(14-2)7-13-11(8)6-9/h3-6,10-11H,7H2,1-2H3. The third kappa shape index (κ3) is 1.88. The van der Waals surface area contributed by atoms with Crippen LogP contribution in [0.25, 0.3) is 0 Å². The van der Waals surface area contributed by atoms with Gasteiger partial charge in [0.05, 0.1) is 13.7 Å². The van der Waals surface area contributed by atoms with E-state index in [4.69, 9.17) is 9.47 Å². The average molecular weight is 210 g/mol. The first-order valence-corrected chi connectivity index (χ1v) is 5.92. The van der Waals surface area contributed by atoms with Gasteiger partial charge in [-0.05, 0) is 24.0 Å². The highest BCUT2D eigenvalue weighted by atomic mass is 32.2. The number of hydrogen-bond donors (Lipinski definition) is 0. The molecule has 0 radical (unpaired) electrons. The van der Waals surface area contributed by atoms with Crippen molar-refractivity contribution in [3.63, 3.8) is 0 Å². The summed E-state index contributed by atoms with van der Waals surface area (Å²) < 4.78 is 10.9. The first-order valence-electron chi connectivity index (χ1n) is 4.63. The molecule has 1 aliphatic heterocycles. The van der Waals surface area contributed by atoms with Crippen LogP contribution >= 0.6 is 11.8 Å². The minimum absolute atomic E-state index is 0.0957. The van der Waals surface area contributed by atoms with Crippen molar-refractivity contribution in [3.05, 3.63) is 35.6 Å². The van der Waals surface area contributed by atoms with Crippen LogP contribution in [-0.4, -0.2) is 31.3 Å². The van der Waals surface area contributed by atoms with Gasteiger partial charge in [0, 0.05) is 5.25 Å². The van der Waals surface area contributed by atoms with E-state index in [9.17, 15) is 0 Å². The van der Waals surface area contributed by atoms with Gasteiger partial charge < -0.3 is 9.47 Å². The van der Waals surface area contributed by atoms with Gasteiger partial charge in [-0.15, -0.1) is 0 Å². The van der Waals surface area contributed by atoms with E-state index >= 15 is 0 Å². The van der Waals surface area contributed by atoms with Crippen LogP contribution in [0, 0.1) is 0 Å². The van der Waals surface area contributed by atoms with Crippen molar-refractivity contribution in [3.8, 4) is 0 Å². The molecule has 0 fully saturated rings. The van der Waals surface area contributed by atoms with Crippen molar-refractivity contribution in [1.82, 2.24) is 0 Å². The normalized spacial score (nSPS) is 30.4. The monoisotopic (exact) mass is 210 g/mol. The molecule has 0 aromatic heterocycles. The zero-order chi connectivity index (χ0) is 9.97. The highest BCUT2D eigenvalue weighted by Gasteiger charge is 2.22. The van der Waals surface area contributed by atoms with Gasteiger partial charge in [-0.25, -0.2) is 0 Å². The van der Waals surface area contributed by atoms with Crippen LogP contribution in [0.5, 0.6) is 0 Å². The number of fused-ring (bicyclic) bond motifs is 1. The van der Waals surface area contributed by atoms with Crippen molar-refractivity contribution in [2.45, 2.75) is 11.4 Å². The molecular formula is C11H14O2S. The third-order valence-electron chi connectivity index (χ3n) is 2.44. The van der Waals surface area contributed by atoms with Crippen LogP contribution in [0.1, 0.15) is 0 Å². The van der Waals surface area contributed by atoms with Crippen molar-refractivity contribution < 1.29 is 9.47 Å². The smallest absolute Gasteiger partial charge is 0.117 e. The molecule has 1 heterocycles. The van der Waals surface area contributed by atoms with Gasteiger partial charge >= 0.3 is 0 Å². The topological polar surface area (TPSA) is 18.5 Å². The van der Waals surface area contributed by atoms with Gasteiger partial charge in [0.15, 0.2) is 0 Å². The number of methoxy groups -OCH3 is 1. The highest BCUT2D eigenvalue weighted by molar-refractivity contribution is 7.99. The van der Waals surface area contributed by atoms with Crippen molar-refractivity contribution in [2.24, 2.45) is 0 Å². The van der Waals surface area contributed by atoms with Gasteiger partial charge in [0.1, 0.15) is 11.9 Å². The van der Waals surface area contributed by atoms with Crippen LogP contribution in [-0.2, 0) is 9.47 Å². The molecule has 0 aromatic carbocycles. The Hall–Kier alpha value is -0.670. The lowest BCUT2D eigenvalue weighted by Crippen LogP contribution is -2.26. The SMILES string of the molecule is COC1=CC2OCC(SC)C=C2C=C1. The van der Waals surface area contributed by atoms with E-state index in [2.05, 4.69) is 18.4 Å². The van der Waals surface area contributed by atoms with E-state index < -0.39 is 0 Å². The molecule has 2 atom stereocenters. The van der Waals surface area contributed by atoms with Crippen molar-refractivity contribution >= 4 is 11.8 Å². The molecule has 0 saturated carbocycles. The van der Waals surface area contributed by atoms with Crippen molar-refractivity contribution in [2.75, 3.05) is 20.0 Å². The minimum atomic E-state index is 0.0957. The van der Waals surface area contributed by atoms with Gasteiger partial charge in [0.25, 0.3) is 0 Å². The number of rotatable bonds is 2. The number of allylic oxidation sites excluding steroid dienone is 1. The number of ether oxygens (including phenoxy) is 2. The molecule has 76 valence electrons. The quantitative estimate of drug-likeness (QED) is 0.695. The summed E-state index contributed by atoms with van der Waals surface area (Å²) >= 11 is 1.82. The van der Waals surface area contributed by atoms with Crippen LogP contribution < -0.4 is 0 Å². The van der Waals surface area contributed by atoms with Crippen molar-refractivity contribution in [1.29, 1.82) is 0 Å². The predicted octanol–water partition coefficient (Wildman–Crippen LogP) is 2.14. The maximum absolute atomic E-state index is 5.72. The van der Waals surface area contributed by atoms with Crippen LogP contribution in [0.15, 0.2) is 35.6 Å². The van der Waals surface area contributed by atoms with Gasteiger partial charge in [-0.1, -0.05) is 12.2 Å². The molecule has 0 spiro atoms. The van der Waals surface area contributed by atoms with E-state index in [-0.39, 0.29) is 6.10 Å². The number of thioether (sulfide) groups is 1. The molecular weight excluding hydrogens is 196 g/mol. The summed E-state index contributed by atoms with van der Waals surface area (Å²) in [5, 5.41) is 0.489. The Labute approximate surface area is 88.7 Å². The lowest BCUT2D eigenvalue weighted by Gasteiger charge is -2.27. The second-order valence-corrected chi connectivity index (χ2v) is 4.38. The van der Waals surface area contributed by atoms with E-state index in [0.717, 1.165) is 12.4 Å². The largest absolute Gasteiger partial charge is 0.497 e. The minimum Gasteiger partial charge on any atom is -0.497 e. The van der Waals surface area contributed by atoms with E-state index in [1.54, 1.807) is 7.11 Å². The molecule has 0 saturated heterocycles. The summed E-state index contributed by atoms with van der Waals surface area (Å²) in [6.07, 6.45) is 10.5. The summed E-state index contributed by atoms with van der Waals surface area (Å²) in [5.41, 5.74) is 1.25. The molecule has 2 rings (SSSR count). The Bertz CT molecular complexity index is 304. The van der Waals surface area contributed by atoms with E-state index in [1.807, 2.05) is 23.9 Å². The molecule has 0 amide bonds. The van der Waals surface area contributed by atoms with Crippen LogP contribution in [0.2, 0.25) is 0 Å². The number of hydrogen-bond acceptors (Lipinski definition) is 3. The summed E-state index contributed by atoms with van der Waals surface area (Å²) in [6, 6.07) is 0. The second-order valence-electron chi connectivity index (χ2n) is 3.30. The molecule has 2 nitrogen and oxygen atoms in total. The van der Waals surface area contributed by atoms with Crippen LogP contribution in [0.4, 0.5) is 0 Å². The van der Waals surface area contributed by atoms with E-state index in [1.165, 1.54) is 5.57 Å². The summed E-state index contributed by atoms with van der Waals surface area (Å²) in [4.78, 5) is 0. The Morgan fingerprint density at radius 3 is 3.00 bits per heavy atom. The molecule has 0 aromatic rings. The molecule has 3 heteroatoms. The Balaban J connectivity index is 2.17. The Kier molecular flexibility index (Phi) is 2.99. The zero-order valence-electron chi connectivity index (χ0n) is 8.40. The van der Waals surface area contributed by atoms with Gasteiger partial charge in [-0.2, -0.15) is 11.8 Å². The predicted molar refractivity (Wildman–Crippen MR) is 59.4 cm³/mol. The molecule has 2 aliphatic rings. The fraction of sp³-hybridized carbons (Fsp3) is 0.455. The maximum atomic E-state index is 5.72. The lowest BCUT2D eigenvalue weighted by molar-refractivity contribution is 0.103. The maximum Gasteiger partial charge on any atom is 0.117 e. The molecule has 2 unspecified atom stereocenters. The van der Waals surface area contributed by atoms with Crippen LogP contribution in [0.3, 0.4) is 0 Å². The Morgan fingerprint density at radius 1 is 1.43 bits per heavy atom. The highest BCUT2D eigenvalue weighted by Crippen LogP contribution is 2.27. The fourth-order valence-corrected chi connectivity index (χ4v) is 2.11. The molecule has 0 N–H and O–H groups in total. The molecule has 0 bridgehead atoms. The Morgan fingerprint density at radius 2 is 2.29 bits per heavy atom. The van der Waals surface area contributed by atoms with E-state index in [0.29, 0.717) is 5.25 Å². The summed E-state index contributed by atoms with van der Waals surface area (Å²) in [6.45, 7) is 0.788. The second kappa shape index (κ2) is 4.24.